The first-order valence-corrected chi connectivity index (χ1v) is 4.23. The molecule has 66 valence electrons. The van der Waals surface area contributed by atoms with Crippen LogP contribution in [0.1, 0.15) is 26.7 Å². The number of carbonyl (C=O) groups excluding carboxylic acids is 2. The molecule has 2 heteroatoms. The smallest absolute Gasteiger partial charge is 0.146 e. The van der Waals surface area contributed by atoms with E-state index in [0.717, 1.165) is 5.57 Å². The molecular formula is C10H14O2. The molecule has 0 aliphatic heterocycles. The van der Waals surface area contributed by atoms with Crippen LogP contribution >= 0.6 is 0 Å². The van der Waals surface area contributed by atoms with Crippen molar-refractivity contribution < 1.29 is 9.59 Å². The Labute approximate surface area is 72.7 Å². The third-order valence-corrected chi connectivity index (χ3v) is 2.35. The number of hydrogen-bond donors (Lipinski definition) is 0. The maximum absolute atomic E-state index is 11.4. The Balaban J connectivity index is 2.65. The van der Waals surface area contributed by atoms with Crippen LogP contribution < -0.4 is 0 Å². The largest absolute Gasteiger partial charge is 0.299 e. The molecule has 1 rings (SSSR count). The summed E-state index contributed by atoms with van der Waals surface area (Å²) in [4.78, 5) is 22.5. The van der Waals surface area contributed by atoms with Crippen molar-refractivity contribution in [3.63, 3.8) is 0 Å². The minimum atomic E-state index is -0.366. The van der Waals surface area contributed by atoms with E-state index in [-0.39, 0.29) is 23.4 Å². The standard InChI is InChI=1S/C10H14O2/c1-6(2)4-8-5-9(11)7(3)10(8)12/h7-8H,1,4-5H2,2-3H3. The van der Waals surface area contributed by atoms with E-state index in [1.807, 2.05) is 6.92 Å². The fourth-order valence-corrected chi connectivity index (χ4v) is 1.63. The van der Waals surface area contributed by atoms with Gasteiger partial charge in [-0.25, -0.2) is 0 Å². The summed E-state index contributed by atoms with van der Waals surface area (Å²) in [5.74, 6) is -0.256. The Morgan fingerprint density at radius 1 is 1.58 bits per heavy atom. The van der Waals surface area contributed by atoms with Crippen molar-refractivity contribution in [3.05, 3.63) is 12.2 Å². The topological polar surface area (TPSA) is 34.1 Å². The summed E-state index contributed by atoms with van der Waals surface area (Å²) >= 11 is 0. The average Bonchev–Trinajstić information content (AvgIpc) is 2.17. The zero-order valence-electron chi connectivity index (χ0n) is 7.59. The van der Waals surface area contributed by atoms with Crippen LogP contribution in [0.5, 0.6) is 0 Å². The van der Waals surface area contributed by atoms with E-state index in [9.17, 15) is 9.59 Å². The Kier molecular flexibility index (Phi) is 2.46. The molecule has 0 aromatic rings. The van der Waals surface area contributed by atoms with Gasteiger partial charge in [0.2, 0.25) is 0 Å². The molecule has 0 amide bonds. The molecule has 0 aromatic carbocycles. The fraction of sp³-hybridized carbons (Fsp3) is 0.600. The quantitative estimate of drug-likeness (QED) is 0.462. The number of hydrogen-bond acceptors (Lipinski definition) is 2. The maximum Gasteiger partial charge on any atom is 0.146 e. The summed E-state index contributed by atoms with van der Waals surface area (Å²) in [5.41, 5.74) is 0.982. The van der Waals surface area contributed by atoms with Crippen molar-refractivity contribution in [3.8, 4) is 0 Å². The van der Waals surface area contributed by atoms with Gasteiger partial charge in [-0.15, -0.1) is 6.58 Å². The lowest BCUT2D eigenvalue weighted by Gasteiger charge is -2.05. The average molecular weight is 166 g/mol. The number of rotatable bonds is 2. The molecule has 0 spiro atoms. The van der Waals surface area contributed by atoms with Crippen molar-refractivity contribution in [1.82, 2.24) is 0 Å². The van der Waals surface area contributed by atoms with Crippen LogP contribution in [0.3, 0.4) is 0 Å². The van der Waals surface area contributed by atoms with E-state index in [4.69, 9.17) is 0 Å². The van der Waals surface area contributed by atoms with E-state index >= 15 is 0 Å². The highest BCUT2D eigenvalue weighted by atomic mass is 16.2. The molecule has 12 heavy (non-hydrogen) atoms. The zero-order chi connectivity index (χ0) is 9.30. The Morgan fingerprint density at radius 3 is 2.50 bits per heavy atom. The molecule has 2 atom stereocenters. The number of carbonyl (C=O) groups is 2. The summed E-state index contributed by atoms with van der Waals surface area (Å²) in [6.07, 6.45) is 1.10. The van der Waals surface area contributed by atoms with Gasteiger partial charge in [0.15, 0.2) is 0 Å². The molecule has 1 fully saturated rings. The number of ketones is 2. The van der Waals surface area contributed by atoms with Crippen molar-refractivity contribution in [2.24, 2.45) is 11.8 Å². The summed E-state index contributed by atoms with van der Waals surface area (Å²) < 4.78 is 0. The van der Waals surface area contributed by atoms with Crippen LogP contribution in [0.2, 0.25) is 0 Å². The van der Waals surface area contributed by atoms with E-state index in [1.54, 1.807) is 6.92 Å². The number of allylic oxidation sites excluding steroid dienone is 1. The van der Waals surface area contributed by atoms with Crippen LogP contribution in [-0.4, -0.2) is 11.6 Å². The van der Waals surface area contributed by atoms with Crippen molar-refractivity contribution in [2.45, 2.75) is 26.7 Å². The molecule has 2 nitrogen and oxygen atoms in total. The van der Waals surface area contributed by atoms with Gasteiger partial charge < -0.3 is 0 Å². The molecule has 1 saturated carbocycles. The van der Waals surface area contributed by atoms with Crippen LogP contribution in [-0.2, 0) is 9.59 Å². The predicted octanol–water partition coefficient (Wildman–Crippen LogP) is 1.75. The summed E-state index contributed by atoms with van der Waals surface area (Å²) in [6.45, 7) is 7.33. The minimum absolute atomic E-state index is 0.0787. The molecule has 0 aromatic heterocycles. The van der Waals surface area contributed by atoms with E-state index in [1.165, 1.54) is 0 Å². The summed E-state index contributed by atoms with van der Waals surface area (Å²) in [7, 11) is 0. The van der Waals surface area contributed by atoms with Gasteiger partial charge in [-0.2, -0.15) is 0 Å². The first kappa shape index (κ1) is 9.17. The predicted molar refractivity (Wildman–Crippen MR) is 46.7 cm³/mol. The first-order valence-electron chi connectivity index (χ1n) is 4.23. The monoisotopic (exact) mass is 166 g/mol. The van der Waals surface area contributed by atoms with Crippen LogP contribution in [0, 0.1) is 11.8 Å². The highest BCUT2D eigenvalue weighted by molar-refractivity contribution is 6.09. The molecule has 0 N–H and O–H groups in total. The van der Waals surface area contributed by atoms with Crippen LogP contribution in [0.4, 0.5) is 0 Å². The molecule has 1 aliphatic carbocycles. The van der Waals surface area contributed by atoms with Gasteiger partial charge >= 0.3 is 0 Å². The highest BCUT2D eigenvalue weighted by Crippen LogP contribution is 2.28. The molecule has 0 saturated heterocycles. The SMILES string of the molecule is C=C(C)CC1CC(=O)C(C)C1=O. The molecular weight excluding hydrogens is 152 g/mol. The summed E-state index contributed by atoms with van der Waals surface area (Å²) in [6, 6.07) is 0. The van der Waals surface area contributed by atoms with Crippen molar-refractivity contribution in [2.75, 3.05) is 0 Å². The lowest BCUT2D eigenvalue weighted by atomic mass is 9.97. The second kappa shape index (κ2) is 3.21. The highest BCUT2D eigenvalue weighted by Gasteiger charge is 2.37. The van der Waals surface area contributed by atoms with Crippen molar-refractivity contribution >= 4 is 11.6 Å². The van der Waals surface area contributed by atoms with Gasteiger partial charge in [0.05, 0.1) is 5.92 Å². The van der Waals surface area contributed by atoms with Crippen LogP contribution in [0.25, 0.3) is 0 Å². The van der Waals surface area contributed by atoms with Gasteiger partial charge in [-0.1, -0.05) is 5.57 Å². The van der Waals surface area contributed by atoms with Gasteiger partial charge in [0.25, 0.3) is 0 Å². The lowest BCUT2D eigenvalue weighted by molar-refractivity contribution is -0.127. The second-order valence-corrected chi connectivity index (χ2v) is 3.65. The Hall–Kier alpha value is -0.920. The van der Waals surface area contributed by atoms with Gasteiger partial charge in [0.1, 0.15) is 11.6 Å². The third-order valence-electron chi connectivity index (χ3n) is 2.35. The van der Waals surface area contributed by atoms with E-state index in [0.29, 0.717) is 12.8 Å². The fourth-order valence-electron chi connectivity index (χ4n) is 1.63. The Bertz CT molecular complexity index is 238. The van der Waals surface area contributed by atoms with Crippen LogP contribution in [0.15, 0.2) is 12.2 Å². The van der Waals surface area contributed by atoms with Gasteiger partial charge in [-0.05, 0) is 20.3 Å². The van der Waals surface area contributed by atoms with E-state index in [2.05, 4.69) is 6.58 Å². The minimum Gasteiger partial charge on any atom is -0.299 e. The van der Waals surface area contributed by atoms with Crippen molar-refractivity contribution in [1.29, 1.82) is 0 Å². The van der Waals surface area contributed by atoms with Gasteiger partial charge in [0, 0.05) is 12.3 Å². The molecule has 2 unspecified atom stereocenters. The second-order valence-electron chi connectivity index (χ2n) is 3.65. The maximum atomic E-state index is 11.4. The van der Waals surface area contributed by atoms with E-state index < -0.39 is 0 Å². The molecule has 0 heterocycles. The molecule has 0 radical (unpaired) electrons. The normalized spacial score (nSPS) is 29.5. The third kappa shape index (κ3) is 1.63. The number of Topliss-reactive ketones (excluding diaryl/α,β-unsaturated/α-hetero) is 2. The first-order chi connectivity index (χ1) is 5.52. The molecule has 0 bridgehead atoms. The lowest BCUT2D eigenvalue weighted by Crippen LogP contribution is -2.13. The zero-order valence-corrected chi connectivity index (χ0v) is 7.59. The summed E-state index contributed by atoms with van der Waals surface area (Å²) in [5, 5.41) is 0. The molecule has 1 aliphatic rings. The van der Waals surface area contributed by atoms with Gasteiger partial charge in [-0.3, -0.25) is 9.59 Å². The Morgan fingerprint density at radius 2 is 2.17 bits per heavy atom.